The number of fused-ring (bicyclic) bond motifs is 1. The molecule has 0 saturated carbocycles. The average molecular weight is 482 g/mol. The Morgan fingerprint density at radius 3 is 2.56 bits per heavy atom. The highest BCUT2D eigenvalue weighted by Crippen LogP contribution is 2.21. The highest BCUT2D eigenvalue weighted by Gasteiger charge is 2.22. The van der Waals surface area contributed by atoms with E-state index in [9.17, 15) is 4.79 Å². The summed E-state index contributed by atoms with van der Waals surface area (Å²) in [5.74, 6) is 1.58. The number of aromatic amines is 1. The fourth-order valence-corrected chi connectivity index (χ4v) is 4.32. The van der Waals surface area contributed by atoms with Gasteiger partial charge in [0.15, 0.2) is 5.11 Å². The van der Waals surface area contributed by atoms with Gasteiger partial charge in [-0.05, 0) is 87.4 Å². The lowest BCUT2D eigenvalue weighted by Crippen LogP contribution is -2.40. The minimum atomic E-state index is -0.127. The van der Waals surface area contributed by atoms with Gasteiger partial charge in [0.25, 0.3) is 5.56 Å². The lowest BCUT2D eigenvalue weighted by Gasteiger charge is -2.28. The van der Waals surface area contributed by atoms with Crippen LogP contribution < -0.4 is 20.3 Å². The monoisotopic (exact) mass is 481 g/mol. The van der Waals surface area contributed by atoms with Crippen molar-refractivity contribution in [2.75, 3.05) is 31.7 Å². The van der Waals surface area contributed by atoms with E-state index in [4.69, 9.17) is 26.4 Å². The van der Waals surface area contributed by atoms with E-state index in [1.165, 1.54) is 0 Å². The van der Waals surface area contributed by atoms with E-state index < -0.39 is 0 Å². The van der Waals surface area contributed by atoms with Crippen molar-refractivity contribution >= 4 is 33.9 Å². The third kappa shape index (κ3) is 6.07. The van der Waals surface area contributed by atoms with Gasteiger partial charge in [0.1, 0.15) is 11.5 Å². The zero-order valence-electron chi connectivity index (χ0n) is 19.6. The van der Waals surface area contributed by atoms with Crippen LogP contribution in [-0.2, 0) is 11.3 Å². The molecule has 3 aromatic rings. The van der Waals surface area contributed by atoms with Crippen molar-refractivity contribution in [2.24, 2.45) is 0 Å². The lowest BCUT2D eigenvalue weighted by molar-refractivity contribution is 0.0904. The molecule has 0 bridgehead atoms. The van der Waals surface area contributed by atoms with Gasteiger partial charge < -0.3 is 29.4 Å². The number of H-pyrrole nitrogens is 1. The van der Waals surface area contributed by atoms with E-state index >= 15 is 0 Å². The van der Waals surface area contributed by atoms with Crippen molar-refractivity contribution in [3.8, 4) is 11.5 Å². The van der Waals surface area contributed by atoms with Crippen LogP contribution in [0, 0.1) is 0 Å². The highest BCUT2D eigenvalue weighted by molar-refractivity contribution is 7.80. The van der Waals surface area contributed by atoms with Gasteiger partial charge in [0.2, 0.25) is 0 Å². The number of hydrogen-bond donors (Lipinski definition) is 2. The molecule has 0 unspecified atom stereocenters. The molecule has 1 aliphatic heterocycles. The molecule has 7 nitrogen and oxygen atoms in total. The Labute approximate surface area is 205 Å². The molecule has 1 aliphatic rings. The summed E-state index contributed by atoms with van der Waals surface area (Å²) in [5, 5.41) is 4.77. The second kappa shape index (κ2) is 11.4. The molecule has 2 N–H and O–H groups in total. The minimum Gasteiger partial charge on any atom is -0.494 e. The SMILES string of the molecule is CCOc1ccc(NC(=S)N(Cc2cc3cc(OCC)ccc3[nH]c2=O)C[C@H]2CCCO2)cc1. The molecule has 34 heavy (non-hydrogen) atoms. The van der Waals surface area contributed by atoms with Crippen LogP contribution in [0.15, 0.2) is 53.3 Å². The number of benzene rings is 2. The van der Waals surface area contributed by atoms with Crippen LogP contribution in [0.4, 0.5) is 5.69 Å². The number of rotatable bonds is 9. The number of ether oxygens (including phenoxy) is 3. The van der Waals surface area contributed by atoms with Crippen molar-refractivity contribution < 1.29 is 14.2 Å². The maximum absolute atomic E-state index is 12.9. The van der Waals surface area contributed by atoms with E-state index in [1.807, 2.05) is 67.3 Å². The normalized spacial score (nSPS) is 15.3. The molecule has 4 rings (SSSR count). The lowest BCUT2D eigenvalue weighted by atomic mass is 10.1. The molecule has 8 heteroatoms. The second-order valence-corrected chi connectivity index (χ2v) is 8.60. The van der Waals surface area contributed by atoms with E-state index in [-0.39, 0.29) is 11.7 Å². The highest BCUT2D eigenvalue weighted by atomic mass is 32.1. The van der Waals surface area contributed by atoms with Gasteiger partial charge in [0.05, 0.1) is 25.9 Å². The van der Waals surface area contributed by atoms with Crippen LogP contribution in [0.5, 0.6) is 11.5 Å². The fraction of sp³-hybridized carbons (Fsp3) is 0.385. The summed E-state index contributed by atoms with van der Waals surface area (Å²) in [5.41, 5.74) is 2.14. The molecular weight excluding hydrogens is 450 g/mol. The first kappa shape index (κ1) is 24.0. The first-order valence-electron chi connectivity index (χ1n) is 11.7. The quantitative estimate of drug-likeness (QED) is 0.429. The standard InChI is InChI=1S/C26H31N3O4S/c1-3-31-21-9-7-20(8-10-21)27-26(34)29(17-23-6-5-13-33-23)16-19-14-18-15-22(32-4-2)11-12-24(18)28-25(19)30/h7-12,14-15,23H,3-6,13,16-17H2,1-2H3,(H,27,34)(H,28,30)/t23-/m1/s1. The van der Waals surface area contributed by atoms with Crippen LogP contribution in [0.1, 0.15) is 32.3 Å². The first-order chi connectivity index (χ1) is 16.6. The van der Waals surface area contributed by atoms with Gasteiger partial charge in [-0.2, -0.15) is 0 Å². The number of hydrogen-bond acceptors (Lipinski definition) is 5. The zero-order valence-corrected chi connectivity index (χ0v) is 20.5. The molecule has 0 aliphatic carbocycles. The maximum atomic E-state index is 12.9. The van der Waals surface area contributed by atoms with E-state index in [1.54, 1.807) is 0 Å². The summed E-state index contributed by atoms with van der Waals surface area (Å²) < 4.78 is 17.0. The van der Waals surface area contributed by atoms with Crippen molar-refractivity contribution in [3.05, 3.63) is 64.4 Å². The number of nitrogens with zero attached hydrogens (tertiary/aromatic N) is 1. The molecule has 2 heterocycles. The Morgan fingerprint density at radius 1 is 1.12 bits per heavy atom. The van der Waals surface area contributed by atoms with Gasteiger partial charge in [-0.15, -0.1) is 0 Å². The molecule has 1 atom stereocenters. The molecule has 1 saturated heterocycles. The van der Waals surface area contributed by atoms with Gasteiger partial charge in [-0.25, -0.2) is 0 Å². The summed E-state index contributed by atoms with van der Waals surface area (Å²) in [7, 11) is 0. The maximum Gasteiger partial charge on any atom is 0.253 e. The topological polar surface area (TPSA) is 75.8 Å². The molecule has 1 fully saturated rings. The summed E-state index contributed by atoms with van der Waals surface area (Å²) in [6, 6.07) is 15.3. The molecule has 1 aromatic heterocycles. The van der Waals surface area contributed by atoms with Crippen LogP contribution in [-0.4, -0.2) is 47.5 Å². The first-order valence-corrected chi connectivity index (χ1v) is 12.2. The molecule has 0 radical (unpaired) electrons. The predicted molar refractivity (Wildman–Crippen MR) is 139 cm³/mol. The number of pyridine rings is 1. The number of thiocarbonyl (C=S) groups is 1. The summed E-state index contributed by atoms with van der Waals surface area (Å²) >= 11 is 5.77. The molecule has 0 amide bonds. The Morgan fingerprint density at radius 2 is 1.85 bits per heavy atom. The van der Waals surface area contributed by atoms with E-state index in [0.717, 1.165) is 47.5 Å². The Bertz CT molecular complexity index is 1170. The van der Waals surface area contributed by atoms with Crippen molar-refractivity contribution in [1.29, 1.82) is 0 Å². The average Bonchev–Trinajstić information content (AvgIpc) is 3.34. The third-order valence-electron chi connectivity index (χ3n) is 5.72. The second-order valence-electron chi connectivity index (χ2n) is 8.21. The van der Waals surface area contributed by atoms with Gasteiger partial charge in [-0.1, -0.05) is 0 Å². The Kier molecular flexibility index (Phi) is 8.03. The van der Waals surface area contributed by atoms with E-state index in [2.05, 4.69) is 10.3 Å². The third-order valence-corrected chi connectivity index (χ3v) is 6.08. The van der Waals surface area contributed by atoms with Crippen molar-refractivity contribution in [3.63, 3.8) is 0 Å². The van der Waals surface area contributed by atoms with Crippen molar-refractivity contribution in [1.82, 2.24) is 9.88 Å². The predicted octanol–water partition coefficient (Wildman–Crippen LogP) is 4.70. The Hall–Kier alpha value is -3.10. The minimum absolute atomic E-state index is 0.0872. The van der Waals surface area contributed by atoms with Gasteiger partial charge in [0, 0.05) is 35.3 Å². The van der Waals surface area contributed by atoms with Crippen molar-refractivity contribution in [2.45, 2.75) is 39.3 Å². The summed E-state index contributed by atoms with van der Waals surface area (Å²) in [6.45, 7) is 6.84. The molecular formula is C26H31N3O4S. The van der Waals surface area contributed by atoms with Crippen LogP contribution in [0.3, 0.4) is 0 Å². The molecule has 0 spiro atoms. The van der Waals surface area contributed by atoms with E-state index in [0.29, 0.717) is 37.0 Å². The van der Waals surface area contributed by atoms with Crippen LogP contribution >= 0.6 is 12.2 Å². The largest absolute Gasteiger partial charge is 0.494 e. The van der Waals surface area contributed by atoms with Crippen LogP contribution in [0.25, 0.3) is 10.9 Å². The molecule has 2 aromatic carbocycles. The number of anilines is 1. The van der Waals surface area contributed by atoms with Gasteiger partial charge in [-0.3, -0.25) is 4.79 Å². The number of nitrogens with one attached hydrogen (secondary N) is 2. The van der Waals surface area contributed by atoms with Crippen LogP contribution in [0.2, 0.25) is 0 Å². The fourth-order valence-electron chi connectivity index (χ4n) is 4.07. The molecule has 180 valence electrons. The summed E-state index contributed by atoms with van der Waals surface area (Å²) in [4.78, 5) is 17.9. The zero-order chi connectivity index (χ0) is 23.9. The summed E-state index contributed by atoms with van der Waals surface area (Å²) in [6.07, 6.45) is 2.10. The smallest absolute Gasteiger partial charge is 0.253 e. The number of aromatic nitrogens is 1. The van der Waals surface area contributed by atoms with Gasteiger partial charge >= 0.3 is 0 Å². The Balaban J connectivity index is 1.56.